The van der Waals surface area contributed by atoms with E-state index in [1.807, 2.05) is 23.5 Å². The first-order valence-corrected chi connectivity index (χ1v) is 11.1. The van der Waals surface area contributed by atoms with Gasteiger partial charge in [-0.15, -0.1) is 10.2 Å². The lowest BCUT2D eigenvalue weighted by atomic mass is 10.1. The van der Waals surface area contributed by atoms with Gasteiger partial charge in [0.2, 0.25) is 5.65 Å². The van der Waals surface area contributed by atoms with Crippen LogP contribution in [0.15, 0.2) is 30.5 Å². The molecule has 3 aromatic heterocycles. The number of halogens is 1. The topological polar surface area (TPSA) is 104 Å². The van der Waals surface area contributed by atoms with Gasteiger partial charge in [0, 0.05) is 31.3 Å². The number of nitrogens with zero attached hydrogens (tertiary/aromatic N) is 5. The summed E-state index contributed by atoms with van der Waals surface area (Å²) >= 11 is 6.00. The zero-order chi connectivity index (χ0) is 23.4. The van der Waals surface area contributed by atoms with Gasteiger partial charge in [-0.1, -0.05) is 18.0 Å². The Morgan fingerprint density at radius 1 is 1.12 bits per heavy atom. The van der Waals surface area contributed by atoms with E-state index in [2.05, 4.69) is 20.5 Å². The zero-order valence-corrected chi connectivity index (χ0v) is 19.5. The number of pyridine rings is 1. The highest BCUT2D eigenvalue weighted by atomic mass is 35.5. The number of anilines is 1. The number of ketones is 1. The van der Waals surface area contributed by atoms with E-state index in [0.717, 1.165) is 36.1 Å². The molecule has 10 heteroatoms. The first-order valence-electron chi connectivity index (χ1n) is 10.7. The summed E-state index contributed by atoms with van der Waals surface area (Å²) in [7, 11) is 3.19. The average Bonchev–Trinajstić information content (AvgIpc) is 3.22. The van der Waals surface area contributed by atoms with Crippen LogP contribution in [-0.2, 0) is 0 Å². The molecule has 0 bridgehead atoms. The summed E-state index contributed by atoms with van der Waals surface area (Å²) in [5.41, 5.74) is 2.70. The van der Waals surface area contributed by atoms with Crippen LogP contribution in [0.5, 0.6) is 11.5 Å². The minimum absolute atomic E-state index is 0.0160. The zero-order valence-electron chi connectivity index (χ0n) is 18.8. The number of hydrogen-bond donors (Lipinski definition) is 1. The van der Waals surface area contributed by atoms with E-state index in [4.69, 9.17) is 26.1 Å². The van der Waals surface area contributed by atoms with Crippen molar-refractivity contribution < 1.29 is 14.3 Å². The minimum Gasteiger partial charge on any atom is -0.493 e. The van der Waals surface area contributed by atoms with E-state index in [1.165, 1.54) is 0 Å². The second-order valence-electron chi connectivity index (χ2n) is 7.56. The summed E-state index contributed by atoms with van der Waals surface area (Å²) in [4.78, 5) is 21.0. The fourth-order valence-electron chi connectivity index (χ4n) is 3.74. The molecular weight excluding hydrogens is 444 g/mol. The lowest BCUT2D eigenvalue weighted by Crippen LogP contribution is -2.07. The normalized spacial score (nSPS) is 11.2. The highest BCUT2D eigenvalue weighted by Crippen LogP contribution is 2.33. The second kappa shape index (κ2) is 9.99. The number of aromatic nitrogens is 5. The number of nitrogens with one attached hydrogen (secondary N) is 1. The third-order valence-corrected chi connectivity index (χ3v) is 5.72. The van der Waals surface area contributed by atoms with Crippen molar-refractivity contribution in [2.75, 3.05) is 26.1 Å². The van der Waals surface area contributed by atoms with Crippen LogP contribution >= 0.6 is 11.6 Å². The van der Waals surface area contributed by atoms with Crippen molar-refractivity contribution in [1.82, 2.24) is 24.6 Å². The van der Waals surface area contributed by atoms with Crippen molar-refractivity contribution in [2.24, 2.45) is 0 Å². The molecule has 4 rings (SSSR count). The highest BCUT2D eigenvalue weighted by Gasteiger charge is 2.16. The van der Waals surface area contributed by atoms with Gasteiger partial charge in [0.05, 0.1) is 30.8 Å². The van der Waals surface area contributed by atoms with Gasteiger partial charge in [-0.05, 0) is 31.9 Å². The van der Waals surface area contributed by atoms with Gasteiger partial charge < -0.3 is 14.8 Å². The first kappa shape index (κ1) is 22.7. The Morgan fingerprint density at radius 3 is 2.67 bits per heavy atom. The van der Waals surface area contributed by atoms with E-state index >= 15 is 0 Å². The van der Waals surface area contributed by atoms with Crippen molar-refractivity contribution in [1.29, 1.82) is 0 Å². The average molecular weight is 469 g/mol. The predicted molar refractivity (Wildman–Crippen MR) is 127 cm³/mol. The van der Waals surface area contributed by atoms with Crippen molar-refractivity contribution in [3.05, 3.63) is 47.0 Å². The molecular formula is C23H25ClN6O3. The van der Waals surface area contributed by atoms with E-state index in [9.17, 15) is 4.79 Å². The molecule has 1 aromatic carbocycles. The number of Topliss-reactive ketones (excluding diaryl/α,β-unsaturated/α-hetero) is 1. The van der Waals surface area contributed by atoms with E-state index < -0.39 is 0 Å². The van der Waals surface area contributed by atoms with Crippen LogP contribution in [-0.4, -0.2) is 51.1 Å². The Morgan fingerprint density at radius 2 is 1.91 bits per heavy atom. The van der Waals surface area contributed by atoms with Gasteiger partial charge in [-0.2, -0.15) is 0 Å². The molecule has 0 aliphatic carbocycles. The fourth-order valence-corrected chi connectivity index (χ4v) is 3.97. The smallest absolute Gasteiger partial charge is 0.204 e. The van der Waals surface area contributed by atoms with Crippen molar-refractivity contribution in [3.63, 3.8) is 0 Å². The number of rotatable bonds is 10. The number of carbonyl (C=O) groups excluding carboxylic acids is 1. The third-order valence-electron chi connectivity index (χ3n) is 5.42. The van der Waals surface area contributed by atoms with Gasteiger partial charge in [0.25, 0.3) is 0 Å². The molecule has 0 saturated heterocycles. The standard InChI is InChI=1S/C23H25ClN6O3/c1-14-28-29-23-22(27-16-12-19(32-2)20(33-3)13-17(16)30(14)23)26-10-6-4-5-9-18(31)15-8-7-11-25-21(15)24/h7-8,11-13H,4-6,9-10H2,1-3H3,(H,26,27). The van der Waals surface area contributed by atoms with Gasteiger partial charge in [-0.25, -0.2) is 9.97 Å². The number of ether oxygens (including phenoxy) is 2. The number of aryl methyl sites for hydroxylation is 1. The number of benzene rings is 1. The number of fused-ring (bicyclic) bond motifs is 3. The third kappa shape index (κ3) is 4.68. The molecule has 9 nitrogen and oxygen atoms in total. The highest BCUT2D eigenvalue weighted by molar-refractivity contribution is 6.32. The molecule has 0 fully saturated rings. The number of carbonyl (C=O) groups is 1. The second-order valence-corrected chi connectivity index (χ2v) is 7.92. The van der Waals surface area contributed by atoms with Crippen LogP contribution in [0.1, 0.15) is 41.9 Å². The Labute approximate surface area is 196 Å². The van der Waals surface area contributed by atoms with E-state index in [-0.39, 0.29) is 10.9 Å². The van der Waals surface area contributed by atoms with Gasteiger partial charge in [0.1, 0.15) is 11.0 Å². The summed E-state index contributed by atoms with van der Waals surface area (Å²) in [5, 5.41) is 12.1. The molecule has 0 aliphatic rings. The van der Waals surface area contributed by atoms with Crippen LogP contribution in [0.2, 0.25) is 5.15 Å². The number of unbranched alkanes of at least 4 members (excludes halogenated alkanes) is 2. The number of hydrogen-bond acceptors (Lipinski definition) is 8. The van der Waals surface area contributed by atoms with E-state index in [0.29, 0.717) is 41.5 Å². The van der Waals surface area contributed by atoms with Crippen LogP contribution < -0.4 is 14.8 Å². The molecule has 0 unspecified atom stereocenters. The molecule has 172 valence electrons. The Kier molecular flexibility index (Phi) is 6.88. The van der Waals surface area contributed by atoms with Crippen LogP contribution in [0, 0.1) is 6.92 Å². The SMILES string of the molecule is COc1cc2nc(NCCCCCC(=O)c3cccnc3Cl)c3nnc(C)n3c2cc1OC. The molecule has 0 aliphatic heterocycles. The molecule has 33 heavy (non-hydrogen) atoms. The van der Waals surface area contributed by atoms with Gasteiger partial charge in [0.15, 0.2) is 23.1 Å². The summed E-state index contributed by atoms with van der Waals surface area (Å²) in [6.45, 7) is 2.58. The lowest BCUT2D eigenvalue weighted by Gasteiger charge is -2.13. The Bertz CT molecular complexity index is 1310. The molecule has 0 atom stereocenters. The minimum atomic E-state index is 0.0160. The van der Waals surface area contributed by atoms with Crippen LogP contribution in [0.25, 0.3) is 16.7 Å². The fraction of sp³-hybridized carbons (Fsp3) is 0.348. The monoisotopic (exact) mass is 468 g/mol. The summed E-state index contributed by atoms with van der Waals surface area (Å²) in [6, 6.07) is 7.15. The lowest BCUT2D eigenvalue weighted by molar-refractivity contribution is 0.0979. The molecule has 3 heterocycles. The Balaban J connectivity index is 1.42. The van der Waals surface area contributed by atoms with Gasteiger partial charge in [-0.3, -0.25) is 9.20 Å². The quantitative estimate of drug-likeness (QED) is 0.206. The Hall–Kier alpha value is -3.46. The van der Waals surface area contributed by atoms with Crippen molar-refractivity contribution >= 4 is 39.9 Å². The van der Waals surface area contributed by atoms with E-state index in [1.54, 1.807) is 32.5 Å². The maximum Gasteiger partial charge on any atom is 0.204 e. The predicted octanol–water partition coefficient (Wildman–Crippen LogP) is 4.51. The summed E-state index contributed by atoms with van der Waals surface area (Å²) in [5.74, 6) is 2.63. The maximum absolute atomic E-state index is 12.3. The molecule has 0 saturated carbocycles. The van der Waals surface area contributed by atoms with Gasteiger partial charge >= 0.3 is 0 Å². The summed E-state index contributed by atoms with van der Waals surface area (Å²) in [6.07, 6.45) is 4.55. The molecule has 4 aromatic rings. The van der Waals surface area contributed by atoms with Crippen LogP contribution in [0.4, 0.5) is 5.82 Å². The summed E-state index contributed by atoms with van der Waals surface area (Å²) < 4.78 is 12.8. The molecule has 1 N–H and O–H groups in total. The molecule has 0 radical (unpaired) electrons. The van der Waals surface area contributed by atoms with Crippen LogP contribution in [0.3, 0.4) is 0 Å². The number of methoxy groups -OCH3 is 2. The largest absolute Gasteiger partial charge is 0.493 e. The molecule has 0 amide bonds. The maximum atomic E-state index is 12.3. The van der Waals surface area contributed by atoms with Crippen molar-refractivity contribution in [2.45, 2.75) is 32.6 Å². The first-order chi connectivity index (χ1) is 16.0. The van der Waals surface area contributed by atoms with Crippen molar-refractivity contribution in [3.8, 4) is 11.5 Å². The molecule has 0 spiro atoms.